The summed E-state index contributed by atoms with van der Waals surface area (Å²) in [5.74, 6) is -4.10. The van der Waals surface area contributed by atoms with Crippen LogP contribution in [0.4, 0.5) is 13.2 Å². The summed E-state index contributed by atoms with van der Waals surface area (Å²) in [6.45, 7) is 0.566. The Balaban J connectivity index is 1.55. The molecule has 0 saturated carbocycles. The van der Waals surface area contributed by atoms with Crippen LogP contribution in [0.1, 0.15) is 26.4 Å². The number of hydrogen-bond acceptors (Lipinski definition) is 5. The number of aromatic nitrogens is 2. The molecule has 0 aliphatic carbocycles. The number of nitrogens with zero attached hydrogens (tertiary/aromatic N) is 1. The third kappa shape index (κ3) is 4.18. The fraction of sp³-hybridized carbons (Fsp3) is 0.143. The summed E-state index contributed by atoms with van der Waals surface area (Å²) in [6.07, 6.45) is -2.97. The summed E-state index contributed by atoms with van der Waals surface area (Å²) in [7, 11) is 0. The number of aromatic amines is 1. The van der Waals surface area contributed by atoms with Gasteiger partial charge in [0.15, 0.2) is 0 Å². The highest BCUT2D eigenvalue weighted by atomic mass is 19.4. The van der Waals surface area contributed by atoms with Crippen LogP contribution in [-0.4, -0.2) is 40.5 Å². The number of ether oxygens (including phenoxy) is 1. The first-order valence-electron chi connectivity index (χ1n) is 9.12. The van der Waals surface area contributed by atoms with E-state index in [1.54, 1.807) is 24.4 Å². The molecule has 3 aromatic rings. The van der Waals surface area contributed by atoms with Crippen LogP contribution in [0.25, 0.3) is 22.5 Å². The highest BCUT2D eigenvalue weighted by Gasteiger charge is 2.42. The number of carbonyl (C=O) groups is 3. The van der Waals surface area contributed by atoms with E-state index in [1.807, 2.05) is 0 Å². The molecular formula is C21H14F3N3O4. The number of carbonyl (C=O) groups excluding carboxylic acids is 3. The molecule has 3 heterocycles. The Labute approximate surface area is 173 Å². The zero-order valence-electron chi connectivity index (χ0n) is 15.7. The Morgan fingerprint density at radius 3 is 2.45 bits per heavy atom. The summed E-state index contributed by atoms with van der Waals surface area (Å²) in [6, 6.07) is 10.8. The molecule has 1 aliphatic heterocycles. The Hall–Kier alpha value is -3.95. The van der Waals surface area contributed by atoms with Crippen molar-refractivity contribution in [3.05, 3.63) is 65.5 Å². The predicted octanol–water partition coefficient (Wildman–Crippen LogP) is 3.28. The Morgan fingerprint density at radius 1 is 1.03 bits per heavy atom. The molecule has 4 rings (SSSR count). The summed E-state index contributed by atoms with van der Waals surface area (Å²) < 4.78 is 40.5. The number of amides is 1. The Bertz CT molecular complexity index is 1180. The second-order valence-corrected chi connectivity index (χ2v) is 6.76. The lowest BCUT2D eigenvalue weighted by molar-refractivity contribution is -0.193. The zero-order chi connectivity index (χ0) is 22.2. The van der Waals surface area contributed by atoms with Gasteiger partial charge in [-0.1, -0.05) is 12.1 Å². The third-order valence-electron chi connectivity index (χ3n) is 4.71. The van der Waals surface area contributed by atoms with E-state index in [-0.39, 0.29) is 11.5 Å². The third-order valence-corrected chi connectivity index (χ3v) is 4.71. The number of nitrogens with one attached hydrogen (secondary N) is 2. The van der Waals surface area contributed by atoms with E-state index < -0.39 is 18.1 Å². The predicted molar refractivity (Wildman–Crippen MR) is 102 cm³/mol. The van der Waals surface area contributed by atoms with E-state index in [0.29, 0.717) is 29.8 Å². The minimum Gasteiger partial charge on any atom is -0.383 e. The minimum atomic E-state index is -5.25. The molecule has 1 aliphatic rings. The van der Waals surface area contributed by atoms with Crippen molar-refractivity contribution < 1.29 is 32.3 Å². The number of pyridine rings is 1. The SMILES string of the molecule is O=C(OC(=O)C(F)(F)F)c1ccc(-c2cc(-c3cc4c([nH]3)CCNC4=O)ccn2)cc1. The lowest BCUT2D eigenvalue weighted by atomic mass is 10.1. The standard InChI is InChI=1S/C21H14F3N3O4/c22-21(23,24)20(30)31-19(29)12-3-1-11(2-4-12)16-9-13(5-7-25-16)17-10-14-15(27-17)6-8-26-18(14)28/h1-5,7,9-10,27H,6,8H2,(H,26,28). The van der Waals surface area contributed by atoms with Crippen LogP contribution in [0.2, 0.25) is 0 Å². The van der Waals surface area contributed by atoms with Gasteiger partial charge in [-0.05, 0) is 30.3 Å². The van der Waals surface area contributed by atoms with Gasteiger partial charge in [0.05, 0.1) is 16.8 Å². The smallest absolute Gasteiger partial charge is 0.383 e. The molecule has 1 aromatic carbocycles. The minimum absolute atomic E-state index is 0.135. The van der Waals surface area contributed by atoms with Gasteiger partial charge >= 0.3 is 18.1 Å². The van der Waals surface area contributed by atoms with Crippen molar-refractivity contribution in [3.63, 3.8) is 0 Å². The van der Waals surface area contributed by atoms with Gasteiger partial charge in [-0.15, -0.1) is 0 Å². The number of halogens is 3. The second kappa shape index (κ2) is 7.71. The van der Waals surface area contributed by atoms with Gasteiger partial charge in [-0.3, -0.25) is 9.78 Å². The van der Waals surface area contributed by atoms with E-state index in [1.165, 1.54) is 24.3 Å². The molecule has 0 fully saturated rings. The summed E-state index contributed by atoms with van der Waals surface area (Å²) >= 11 is 0. The normalized spacial score (nSPS) is 13.3. The van der Waals surface area contributed by atoms with Crippen LogP contribution >= 0.6 is 0 Å². The molecule has 2 N–H and O–H groups in total. The Kier molecular flexibility index (Phi) is 5.05. The van der Waals surface area contributed by atoms with E-state index in [2.05, 4.69) is 20.0 Å². The van der Waals surface area contributed by atoms with Gasteiger partial charge in [-0.25, -0.2) is 9.59 Å². The molecule has 2 aromatic heterocycles. The lowest BCUT2D eigenvalue weighted by Gasteiger charge is -2.11. The number of rotatable bonds is 3. The summed E-state index contributed by atoms with van der Waals surface area (Å²) in [5.41, 5.74) is 3.91. The molecular weight excluding hydrogens is 415 g/mol. The van der Waals surface area contributed by atoms with Crippen molar-refractivity contribution in [3.8, 4) is 22.5 Å². The van der Waals surface area contributed by atoms with Gasteiger partial charge < -0.3 is 15.0 Å². The monoisotopic (exact) mass is 429 g/mol. The number of H-pyrrole nitrogens is 1. The summed E-state index contributed by atoms with van der Waals surface area (Å²) in [4.78, 5) is 42.0. The van der Waals surface area contributed by atoms with Crippen molar-refractivity contribution in [1.29, 1.82) is 0 Å². The Morgan fingerprint density at radius 2 is 1.77 bits per heavy atom. The first kappa shape index (κ1) is 20.3. The molecule has 10 heteroatoms. The number of benzene rings is 1. The fourth-order valence-electron chi connectivity index (χ4n) is 3.18. The molecule has 7 nitrogen and oxygen atoms in total. The summed E-state index contributed by atoms with van der Waals surface area (Å²) in [5, 5.41) is 2.78. The van der Waals surface area contributed by atoms with Crippen molar-refractivity contribution in [2.24, 2.45) is 0 Å². The van der Waals surface area contributed by atoms with E-state index in [4.69, 9.17) is 0 Å². The first-order valence-corrected chi connectivity index (χ1v) is 9.12. The van der Waals surface area contributed by atoms with E-state index >= 15 is 0 Å². The quantitative estimate of drug-likeness (QED) is 0.492. The van der Waals surface area contributed by atoms with Crippen LogP contribution in [0.5, 0.6) is 0 Å². The number of fused-ring (bicyclic) bond motifs is 1. The molecule has 0 saturated heterocycles. The first-order chi connectivity index (χ1) is 14.7. The van der Waals surface area contributed by atoms with Crippen molar-refractivity contribution in [2.75, 3.05) is 6.54 Å². The van der Waals surface area contributed by atoms with Gasteiger partial charge in [0, 0.05) is 41.7 Å². The maximum absolute atomic E-state index is 12.2. The second-order valence-electron chi connectivity index (χ2n) is 6.76. The number of alkyl halides is 3. The zero-order valence-corrected chi connectivity index (χ0v) is 15.7. The fourth-order valence-corrected chi connectivity index (χ4v) is 3.18. The molecule has 31 heavy (non-hydrogen) atoms. The van der Waals surface area contributed by atoms with Crippen LogP contribution in [0.15, 0.2) is 48.7 Å². The molecule has 0 atom stereocenters. The highest BCUT2D eigenvalue weighted by molar-refractivity contribution is 5.99. The number of esters is 2. The average molecular weight is 429 g/mol. The van der Waals surface area contributed by atoms with Gasteiger partial charge in [0.2, 0.25) is 0 Å². The van der Waals surface area contributed by atoms with Crippen molar-refractivity contribution >= 4 is 17.8 Å². The maximum atomic E-state index is 12.2. The molecule has 0 unspecified atom stereocenters. The van der Waals surface area contributed by atoms with E-state index in [9.17, 15) is 27.6 Å². The van der Waals surface area contributed by atoms with E-state index in [0.717, 1.165) is 17.0 Å². The van der Waals surface area contributed by atoms with Gasteiger partial charge in [0.25, 0.3) is 5.91 Å². The molecule has 0 radical (unpaired) electrons. The molecule has 0 bridgehead atoms. The maximum Gasteiger partial charge on any atom is 0.491 e. The highest BCUT2D eigenvalue weighted by Crippen LogP contribution is 2.27. The lowest BCUT2D eigenvalue weighted by Crippen LogP contribution is -2.31. The largest absolute Gasteiger partial charge is 0.491 e. The topological polar surface area (TPSA) is 101 Å². The molecule has 1 amide bonds. The number of hydrogen-bond donors (Lipinski definition) is 2. The molecule has 158 valence electrons. The molecule has 0 spiro atoms. The van der Waals surface area contributed by atoms with Crippen LogP contribution in [0, 0.1) is 0 Å². The van der Waals surface area contributed by atoms with Crippen LogP contribution < -0.4 is 5.32 Å². The van der Waals surface area contributed by atoms with Gasteiger partial charge in [-0.2, -0.15) is 13.2 Å². The average Bonchev–Trinajstić information content (AvgIpc) is 3.19. The van der Waals surface area contributed by atoms with Crippen molar-refractivity contribution in [1.82, 2.24) is 15.3 Å². The van der Waals surface area contributed by atoms with Gasteiger partial charge in [0.1, 0.15) is 0 Å². The van der Waals surface area contributed by atoms with Crippen molar-refractivity contribution in [2.45, 2.75) is 12.6 Å². The van der Waals surface area contributed by atoms with Crippen LogP contribution in [-0.2, 0) is 16.0 Å². The van der Waals surface area contributed by atoms with Crippen LogP contribution in [0.3, 0.4) is 0 Å².